The summed E-state index contributed by atoms with van der Waals surface area (Å²) in [7, 11) is 0. The van der Waals surface area contributed by atoms with Gasteiger partial charge in [0.2, 0.25) is 5.60 Å². The lowest BCUT2D eigenvalue weighted by Crippen LogP contribution is -2.61. The molecule has 0 aliphatic heterocycles. The van der Waals surface area contributed by atoms with Gasteiger partial charge in [0.15, 0.2) is 0 Å². The smallest absolute Gasteiger partial charge is 0.405 e. The molecule has 0 radical (unpaired) electrons. The van der Waals surface area contributed by atoms with Crippen LogP contribution >= 0.6 is 11.6 Å². The summed E-state index contributed by atoms with van der Waals surface area (Å²) in [6.45, 7) is 3.84. The van der Waals surface area contributed by atoms with Crippen LogP contribution in [0.2, 0.25) is 5.02 Å². The molecule has 0 aliphatic rings. The van der Waals surface area contributed by atoms with Crippen LogP contribution in [0.5, 0.6) is 0 Å². The molecule has 0 spiro atoms. The Balaban J connectivity index is 3.02. The van der Waals surface area contributed by atoms with Gasteiger partial charge in [0.1, 0.15) is 5.82 Å². The van der Waals surface area contributed by atoms with Crippen LogP contribution in [0.25, 0.3) is 0 Å². The largest absolute Gasteiger partial charge is 0.430 e. The van der Waals surface area contributed by atoms with E-state index in [9.17, 15) is 19.1 Å². The van der Waals surface area contributed by atoms with Gasteiger partial charge < -0.3 is 20.9 Å². The second-order valence-electron chi connectivity index (χ2n) is 6.05. The molecule has 0 aromatic heterocycles. The number of carbonyl (C=O) groups is 2. The number of benzene rings is 1. The molecule has 0 fully saturated rings. The highest BCUT2D eigenvalue weighted by Crippen LogP contribution is 2.34. The van der Waals surface area contributed by atoms with Crippen LogP contribution in [0.4, 0.5) is 9.18 Å². The van der Waals surface area contributed by atoms with E-state index in [1.165, 1.54) is 18.2 Å². The van der Waals surface area contributed by atoms with Gasteiger partial charge in [0.25, 0.3) is 5.91 Å². The Morgan fingerprint density at radius 2 is 2.00 bits per heavy atom. The van der Waals surface area contributed by atoms with Crippen LogP contribution in [0, 0.1) is 11.2 Å². The SMILES string of the molecule is CC(C)(C)C(CO)(OC(N)=O)C(=O)NCc1cccc(Cl)c1F. The summed E-state index contributed by atoms with van der Waals surface area (Å²) in [6, 6.07) is 4.37. The third kappa shape index (κ3) is 4.11. The number of aliphatic hydroxyl groups excluding tert-OH is 1. The van der Waals surface area contributed by atoms with Gasteiger partial charge in [-0.25, -0.2) is 9.18 Å². The second-order valence-corrected chi connectivity index (χ2v) is 6.46. The summed E-state index contributed by atoms with van der Waals surface area (Å²) in [4.78, 5) is 23.6. The minimum atomic E-state index is -1.89. The first-order valence-corrected chi connectivity index (χ1v) is 7.23. The van der Waals surface area contributed by atoms with Crippen LogP contribution in [0.1, 0.15) is 26.3 Å². The van der Waals surface area contributed by atoms with Crippen molar-refractivity contribution in [1.82, 2.24) is 5.32 Å². The lowest BCUT2D eigenvalue weighted by molar-refractivity contribution is -0.159. The highest BCUT2D eigenvalue weighted by molar-refractivity contribution is 6.30. The summed E-state index contributed by atoms with van der Waals surface area (Å²) in [6.07, 6.45) is -1.20. The first-order valence-electron chi connectivity index (χ1n) is 6.85. The zero-order valence-corrected chi connectivity index (χ0v) is 13.9. The number of carbonyl (C=O) groups excluding carboxylic acids is 2. The number of ether oxygens (including phenoxy) is 1. The van der Waals surface area contributed by atoms with Gasteiger partial charge in [-0.2, -0.15) is 0 Å². The molecule has 128 valence electrons. The molecule has 0 bridgehead atoms. The van der Waals surface area contributed by atoms with Crippen molar-refractivity contribution in [3.8, 4) is 0 Å². The number of primary amides is 1. The first kappa shape index (κ1) is 19.2. The monoisotopic (exact) mass is 346 g/mol. The van der Waals surface area contributed by atoms with E-state index in [1.807, 2.05) is 0 Å². The van der Waals surface area contributed by atoms with Crippen LogP contribution in [0.15, 0.2) is 18.2 Å². The Labute approximate surface area is 138 Å². The van der Waals surface area contributed by atoms with E-state index in [0.717, 1.165) is 0 Å². The summed E-state index contributed by atoms with van der Waals surface area (Å²) in [5.74, 6) is -1.44. The topological polar surface area (TPSA) is 102 Å². The molecule has 1 aromatic rings. The molecule has 1 atom stereocenters. The van der Waals surface area contributed by atoms with Gasteiger partial charge in [0.05, 0.1) is 11.6 Å². The molecule has 0 aliphatic carbocycles. The van der Waals surface area contributed by atoms with Gasteiger partial charge in [0, 0.05) is 17.5 Å². The Bertz CT molecular complexity index is 604. The maximum atomic E-state index is 13.8. The zero-order chi connectivity index (χ0) is 17.8. The van der Waals surface area contributed by atoms with Gasteiger partial charge in [-0.3, -0.25) is 4.79 Å². The highest BCUT2D eigenvalue weighted by atomic mass is 35.5. The van der Waals surface area contributed by atoms with Crippen molar-refractivity contribution in [1.29, 1.82) is 0 Å². The first-order chi connectivity index (χ1) is 10.5. The van der Waals surface area contributed by atoms with E-state index in [1.54, 1.807) is 20.8 Å². The average Bonchev–Trinajstić information content (AvgIpc) is 2.44. The Morgan fingerprint density at radius 3 is 2.48 bits per heavy atom. The van der Waals surface area contributed by atoms with Gasteiger partial charge in [-0.05, 0) is 6.07 Å². The Hall–Kier alpha value is -1.86. The number of nitrogens with two attached hydrogens (primary N) is 1. The number of halogens is 2. The molecule has 0 saturated heterocycles. The third-order valence-electron chi connectivity index (χ3n) is 3.55. The number of amides is 2. The predicted molar refractivity (Wildman–Crippen MR) is 83.2 cm³/mol. The van der Waals surface area contributed by atoms with Crippen LogP contribution in [0.3, 0.4) is 0 Å². The number of rotatable bonds is 5. The summed E-state index contributed by atoms with van der Waals surface area (Å²) < 4.78 is 18.7. The molecule has 6 nitrogen and oxygen atoms in total. The molecular formula is C15H20ClFN2O4. The van der Waals surface area contributed by atoms with Crippen molar-refractivity contribution in [2.75, 3.05) is 6.61 Å². The van der Waals surface area contributed by atoms with Crippen LogP contribution in [-0.2, 0) is 16.1 Å². The fourth-order valence-electron chi connectivity index (χ4n) is 2.06. The molecule has 4 N–H and O–H groups in total. The van der Waals surface area contributed by atoms with Crippen molar-refractivity contribution < 1.29 is 23.8 Å². The maximum Gasteiger partial charge on any atom is 0.405 e. The summed E-state index contributed by atoms with van der Waals surface area (Å²) in [5.41, 5.74) is 2.32. The van der Waals surface area contributed by atoms with E-state index < -0.39 is 35.4 Å². The third-order valence-corrected chi connectivity index (χ3v) is 3.84. The predicted octanol–water partition coefficient (Wildman–Crippen LogP) is 1.97. The lowest BCUT2D eigenvalue weighted by atomic mass is 9.76. The van der Waals surface area contributed by atoms with Crippen LogP contribution < -0.4 is 11.1 Å². The van der Waals surface area contributed by atoms with Gasteiger partial charge >= 0.3 is 6.09 Å². The van der Waals surface area contributed by atoms with E-state index in [4.69, 9.17) is 22.1 Å². The number of hydrogen-bond acceptors (Lipinski definition) is 4. The molecule has 2 amide bonds. The fraction of sp³-hybridized carbons (Fsp3) is 0.467. The van der Waals surface area contributed by atoms with Crippen molar-refractivity contribution >= 4 is 23.6 Å². The standard InChI is InChI=1S/C15H20ClFN2O4/c1-14(2,3)15(8-20,23-13(18)22)12(21)19-7-9-5-4-6-10(16)11(9)17/h4-6,20H,7-8H2,1-3H3,(H2,18,22)(H,19,21). The van der Waals surface area contributed by atoms with E-state index in [0.29, 0.717) is 0 Å². The Morgan fingerprint density at radius 1 is 1.39 bits per heavy atom. The molecule has 1 unspecified atom stereocenters. The second kappa shape index (κ2) is 7.14. The molecule has 1 rings (SSSR count). The maximum absolute atomic E-state index is 13.8. The van der Waals surface area contributed by atoms with Crippen molar-refractivity contribution in [2.45, 2.75) is 32.9 Å². The van der Waals surface area contributed by atoms with Crippen molar-refractivity contribution in [3.05, 3.63) is 34.6 Å². The van der Waals surface area contributed by atoms with E-state index >= 15 is 0 Å². The van der Waals surface area contributed by atoms with E-state index in [2.05, 4.69) is 5.32 Å². The molecule has 8 heteroatoms. The molecule has 0 heterocycles. The normalized spacial score (nSPS) is 14.0. The molecular weight excluding hydrogens is 327 g/mol. The van der Waals surface area contributed by atoms with E-state index in [-0.39, 0.29) is 17.1 Å². The lowest BCUT2D eigenvalue weighted by Gasteiger charge is -2.40. The minimum absolute atomic E-state index is 0.0747. The number of hydrogen-bond donors (Lipinski definition) is 3. The zero-order valence-electron chi connectivity index (χ0n) is 13.2. The highest BCUT2D eigenvalue weighted by Gasteiger charge is 2.51. The number of nitrogens with one attached hydrogen (secondary N) is 1. The summed E-state index contributed by atoms with van der Waals surface area (Å²) >= 11 is 5.67. The van der Waals surface area contributed by atoms with Gasteiger partial charge in [-0.15, -0.1) is 0 Å². The minimum Gasteiger partial charge on any atom is -0.430 e. The Kier molecular flexibility index (Phi) is 5.96. The molecule has 0 saturated carbocycles. The van der Waals surface area contributed by atoms with Crippen molar-refractivity contribution in [3.63, 3.8) is 0 Å². The average molecular weight is 347 g/mol. The van der Waals surface area contributed by atoms with Gasteiger partial charge in [-0.1, -0.05) is 44.5 Å². The fourth-order valence-corrected chi connectivity index (χ4v) is 2.25. The quantitative estimate of drug-likeness (QED) is 0.758. The molecule has 23 heavy (non-hydrogen) atoms. The summed E-state index contributed by atoms with van der Waals surface area (Å²) in [5, 5.41) is 12.0. The molecule has 1 aromatic carbocycles. The van der Waals surface area contributed by atoms with Crippen molar-refractivity contribution in [2.24, 2.45) is 11.1 Å². The van der Waals surface area contributed by atoms with Crippen LogP contribution in [-0.4, -0.2) is 29.3 Å². The number of aliphatic hydroxyl groups is 1.